The zero-order chi connectivity index (χ0) is 33.3. The lowest BCUT2D eigenvalue weighted by Gasteiger charge is -2.38. The standard InChI is InChI=1S/C33H30F4N6O3S/c1-4-27(44)39-18(2)24-13-25(42-41-24)31-29(28-23(35)11-20(34)12-26(28)46-9-8-45-3)32-22(7-10-47-32)30(40-31)19-5-6-21(38-14-19)15-43-16-33(36,37)17-43/h4-7,10-14,18H,1,8-9,15-17H2,2-3H3,(H,39,44)(H,41,42). The number of nitrogens with one attached hydrogen (secondary N) is 2. The molecule has 47 heavy (non-hydrogen) atoms. The Hall–Kier alpha value is -4.66. The summed E-state index contributed by atoms with van der Waals surface area (Å²) < 4.78 is 68.6. The Morgan fingerprint density at radius 3 is 2.68 bits per heavy atom. The minimum atomic E-state index is -2.67. The lowest BCUT2D eigenvalue weighted by Crippen LogP contribution is -2.55. The fourth-order valence-corrected chi connectivity index (χ4v) is 6.39. The van der Waals surface area contributed by atoms with E-state index in [2.05, 4.69) is 27.1 Å². The van der Waals surface area contributed by atoms with Crippen LogP contribution in [-0.4, -0.2) is 70.3 Å². The first-order valence-electron chi connectivity index (χ1n) is 14.6. The summed E-state index contributed by atoms with van der Waals surface area (Å²) in [7, 11) is 1.49. The van der Waals surface area contributed by atoms with Crippen LogP contribution in [0.2, 0.25) is 0 Å². The summed E-state index contributed by atoms with van der Waals surface area (Å²) in [6, 6.07) is 8.54. The molecule has 2 N–H and O–H groups in total. The summed E-state index contributed by atoms with van der Waals surface area (Å²) >= 11 is 1.34. The minimum Gasteiger partial charge on any atom is -0.490 e. The Balaban J connectivity index is 1.50. The van der Waals surface area contributed by atoms with Crippen LogP contribution in [0.3, 0.4) is 0 Å². The van der Waals surface area contributed by atoms with Crippen molar-refractivity contribution in [2.24, 2.45) is 0 Å². The SMILES string of the molecule is C=CC(=O)NC(C)c1cc(-c2nc(-c3ccc(CN4CC(F)(F)C4)nc3)c3ccsc3c2-c2c(F)cc(F)cc2OCCOC)n[nH]1. The number of methoxy groups -OCH3 is 1. The summed E-state index contributed by atoms with van der Waals surface area (Å²) in [5, 5.41) is 12.7. The van der Waals surface area contributed by atoms with Crippen molar-refractivity contribution in [1.29, 1.82) is 0 Å². The van der Waals surface area contributed by atoms with E-state index in [1.807, 2.05) is 17.5 Å². The van der Waals surface area contributed by atoms with Crippen LogP contribution in [0.1, 0.15) is 24.4 Å². The fourth-order valence-electron chi connectivity index (χ4n) is 5.44. The van der Waals surface area contributed by atoms with Gasteiger partial charge in [-0.15, -0.1) is 11.3 Å². The Bertz CT molecular complexity index is 1940. The van der Waals surface area contributed by atoms with Crippen LogP contribution in [0.4, 0.5) is 17.6 Å². The van der Waals surface area contributed by atoms with Gasteiger partial charge in [0, 0.05) is 53.2 Å². The summed E-state index contributed by atoms with van der Waals surface area (Å²) in [5.74, 6) is -4.75. The van der Waals surface area contributed by atoms with Gasteiger partial charge in [-0.25, -0.2) is 22.5 Å². The quantitative estimate of drug-likeness (QED) is 0.0886. The molecule has 0 radical (unpaired) electrons. The summed E-state index contributed by atoms with van der Waals surface area (Å²) in [6.07, 6.45) is 2.78. The van der Waals surface area contributed by atoms with Crippen LogP contribution in [0.15, 0.2) is 60.6 Å². The maximum Gasteiger partial charge on any atom is 0.272 e. The molecule has 244 valence electrons. The number of halogens is 4. The maximum atomic E-state index is 15.9. The van der Waals surface area contributed by atoms with Crippen molar-refractivity contribution in [2.45, 2.75) is 25.4 Å². The van der Waals surface area contributed by atoms with Crippen LogP contribution >= 0.6 is 11.3 Å². The summed E-state index contributed by atoms with van der Waals surface area (Å²) in [6.45, 7) is 5.15. The lowest BCUT2D eigenvalue weighted by molar-refractivity contribution is -0.134. The Morgan fingerprint density at radius 2 is 1.98 bits per heavy atom. The molecule has 0 spiro atoms. The van der Waals surface area contributed by atoms with E-state index in [-0.39, 0.29) is 55.8 Å². The van der Waals surface area contributed by atoms with Gasteiger partial charge in [-0.05, 0) is 42.6 Å². The number of carbonyl (C=O) groups is 1. The highest BCUT2D eigenvalue weighted by Gasteiger charge is 2.43. The number of benzene rings is 1. The van der Waals surface area contributed by atoms with Crippen molar-refractivity contribution in [1.82, 2.24) is 30.4 Å². The van der Waals surface area contributed by atoms with E-state index in [1.54, 1.807) is 30.2 Å². The number of aromatic nitrogens is 4. The molecule has 6 rings (SSSR count). The van der Waals surface area contributed by atoms with Gasteiger partial charge in [0.1, 0.15) is 35.4 Å². The van der Waals surface area contributed by atoms with Crippen LogP contribution in [-0.2, 0) is 16.1 Å². The normalized spacial score (nSPS) is 14.9. The molecule has 14 heteroatoms. The van der Waals surface area contributed by atoms with E-state index in [0.717, 1.165) is 18.2 Å². The molecule has 0 aliphatic carbocycles. The molecule has 1 fully saturated rings. The summed E-state index contributed by atoms with van der Waals surface area (Å²) in [5.41, 5.74) is 3.29. The molecular weight excluding hydrogens is 636 g/mol. The molecule has 5 heterocycles. The largest absolute Gasteiger partial charge is 0.490 e. The Morgan fingerprint density at radius 1 is 1.17 bits per heavy atom. The lowest BCUT2D eigenvalue weighted by atomic mass is 9.96. The first-order chi connectivity index (χ1) is 22.6. The van der Waals surface area contributed by atoms with E-state index in [4.69, 9.17) is 14.5 Å². The molecular formula is C33H30F4N6O3S. The van der Waals surface area contributed by atoms with Gasteiger partial charge in [0.15, 0.2) is 0 Å². The van der Waals surface area contributed by atoms with Crippen LogP contribution in [0.5, 0.6) is 5.75 Å². The maximum absolute atomic E-state index is 15.9. The van der Waals surface area contributed by atoms with E-state index in [0.29, 0.717) is 44.0 Å². The second-order valence-electron chi connectivity index (χ2n) is 11.1. The van der Waals surface area contributed by atoms with E-state index < -0.39 is 23.6 Å². The first-order valence-corrected chi connectivity index (χ1v) is 15.5. The predicted octanol–water partition coefficient (Wildman–Crippen LogP) is 6.53. The molecule has 5 aromatic rings. The summed E-state index contributed by atoms with van der Waals surface area (Å²) in [4.78, 5) is 23.1. The highest BCUT2D eigenvalue weighted by atomic mass is 32.1. The van der Waals surface area contributed by atoms with Gasteiger partial charge in [0.25, 0.3) is 5.92 Å². The van der Waals surface area contributed by atoms with Crippen LogP contribution in [0.25, 0.3) is 43.9 Å². The van der Waals surface area contributed by atoms with Crippen molar-refractivity contribution in [3.8, 4) is 39.5 Å². The Labute approximate surface area is 271 Å². The molecule has 1 saturated heterocycles. The number of fused-ring (bicyclic) bond motifs is 1. The van der Waals surface area contributed by atoms with Gasteiger partial charge in [0.2, 0.25) is 5.91 Å². The molecule has 9 nitrogen and oxygen atoms in total. The number of amides is 1. The van der Waals surface area contributed by atoms with Gasteiger partial charge in [-0.2, -0.15) is 5.10 Å². The van der Waals surface area contributed by atoms with Crippen LogP contribution in [0, 0.1) is 11.6 Å². The number of alkyl halides is 2. The zero-order valence-corrected chi connectivity index (χ0v) is 26.3. The highest BCUT2D eigenvalue weighted by Crippen LogP contribution is 2.47. The second-order valence-corrected chi connectivity index (χ2v) is 12.0. The molecule has 1 aliphatic heterocycles. The number of carbonyl (C=O) groups excluding carboxylic acids is 1. The van der Waals surface area contributed by atoms with Crippen molar-refractivity contribution in [3.05, 3.63) is 83.7 Å². The van der Waals surface area contributed by atoms with Crippen molar-refractivity contribution >= 4 is 27.3 Å². The number of likely N-dealkylation sites (tertiary alicyclic amines) is 1. The van der Waals surface area contributed by atoms with Gasteiger partial charge < -0.3 is 14.8 Å². The van der Waals surface area contributed by atoms with Gasteiger partial charge in [-0.1, -0.05) is 6.58 Å². The molecule has 1 unspecified atom stereocenters. The monoisotopic (exact) mass is 666 g/mol. The molecule has 4 aromatic heterocycles. The van der Waals surface area contributed by atoms with Gasteiger partial charge in [0.05, 0.1) is 48.4 Å². The van der Waals surface area contributed by atoms with E-state index >= 15 is 4.39 Å². The smallest absolute Gasteiger partial charge is 0.272 e. The third-order valence-electron chi connectivity index (χ3n) is 7.67. The fraction of sp³-hybridized carbons (Fsp3) is 0.273. The first kappa shape index (κ1) is 32.3. The second kappa shape index (κ2) is 13.2. The number of rotatable bonds is 12. The van der Waals surface area contributed by atoms with Crippen molar-refractivity contribution in [2.75, 3.05) is 33.4 Å². The molecule has 0 bridgehead atoms. The number of pyridine rings is 2. The molecule has 1 aliphatic rings. The average Bonchev–Trinajstić information content (AvgIpc) is 3.71. The number of ether oxygens (including phenoxy) is 2. The minimum absolute atomic E-state index is 0.00128. The van der Waals surface area contributed by atoms with Gasteiger partial charge >= 0.3 is 0 Å². The predicted molar refractivity (Wildman–Crippen MR) is 170 cm³/mol. The molecule has 1 aromatic carbocycles. The molecule has 0 saturated carbocycles. The number of aromatic amines is 1. The number of thiophene rings is 1. The third-order valence-corrected chi connectivity index (χ3v) is 8.60. The van der Waals surface area contributed by atoms with Gasteiger partial charge in [-0.3, -0.25) is 19.8 Å². The molecule has 1 amide bonds. The van der Waals surface area contributed by atoms with Crippen molar-refractivity contribution < 1.29 is 31.8 Å². The third kappa shape index (κ3) is 6.75. The number of hydrogen-bond donors (Lipinski definition) is 2. The molecule has 1 atom stereocenters. The topological polar surface area (TPSA) is 105 Å². The Kier molecular flexibility index (Phi) is 9.08. The van der Waals surface area contributed by atoms with E-state index in [1.165, 1.54) is 18.4 Å². The number of nitrogens with zero attached hydrogens (tertiary/aromatic N) is 4. The van der Waals surface area contributed by atoms with Crippen LogP contribution < -0.4 is 10.1 Å². The van der Waals surface area contributed by atoms with E-state index in [9.17, 15) is 18.0 Å². The number of H-pyrrole nitrogens is 1. The highest BCUT2D eigenvalue weighted by molar-refractivity contribution is 7.18. The van der Waals surface area contributed by atoms with Crippen molar-refractivity contribution in [3.63, 3.8) is 0 Å². The number of hydrogen-bond acceptors (Lipinski definition) is 8. The zero-order valence-electron chi connectivity index (χ0n) is 25.4. The average molecular weight is 667 g/mol.